The first-order valence-electron chi connectivity index (χ1n) is 3.69. The number of halogens is 1. The minimum absolute atomic E-state index is 0.319. The second-order valence-electron chi connectivity index (χ2n) is 2.50. The highest BCUT2D eigenvalue weighted by Gasteiger charge is 2.06. The van der Waals surface area contributed by atoms with Gasteiger partial charge in [0.2, 0.25) is 6.08 Å². The Balaban J connectivity index is 2.87. The molecule has 5 heteroatoms. The van der Waals surface area contributed by atoms with Gasteiger partial charge in [0.15, 0.2) is 0 Å². The molecule has 1 aromatic rings. The number of aryl methyl sites for hydroxylation is 1. The van der Waals surface area contributed by atoms with Crippen molar-refractivity contribution < 1.29 is 14.3 Å². The smallest absolute Gasteiger partial charge is 0.407 e. The Hall–Kier alpha value is -1.45. The summed E-state index contributed by atoms with van der Waals surface area (Å²) in [6, 6.07) is 5.17. The van der Waals surface area contributed by atoms with Crippen molar-refractivity contribution in [2.45, 2.75) is 6.92 Å². The third kappa shape index (κ3) is 2.80. The molecule has 4 nitrogen and oxygen atoms in total. The molecule has 0 unspecified atom stereocenters. The third-order valence-corrected chi connectivity index (χ3v) is 2.04. The van der Waals surface area contributed by atoms with Gasteiger partial charge >= 0.3 is 6.09 Å². The van der Waals surface area contributed by atoms with Gasteiger partial charge in [-0.2, -0.15) is 0 Å². The molecule has 0 aliphatic rings. The predicted octanol–water partition coefficient (Wildman–Crippen LogP) is 2.59. The number of isocyanates is 1. The van der Waals surface area contributed by atoms with Gasteiger partial charge in [-0.05, 0) is 40.5 Å². The summed E-state index contributed by atoms with van der Waals surface area (Å²) in [4.78, 5) is 23.3. The predicted molar refractivity (Wildman–Crippen MR) is 53.0 cm³/mol. The van der Waals surface area contributed by atoms with Crippen LogP contribution in [0.15, 0.2) is 27.7 Å². The van der Waals surface area contributed by atoms with Gasteiger partial charge in [0.1, 0.15) is 5.75 Å². The number of aliphatic imine (C=N–C) groups is 1. The van der Waals surface area contributed by atoms with E-state index in [0.717, 1.165) is 11.6 Å². The Morgan fingerprint density at radius 3 is 2.86 bits per heavy atom. The monoisotopic (exact) mass is 255 g/mol. The van der Waals surface area contributed by atoms with Crippen LogP contribution in [0.25, 0.3) is 0 Å². The van der Waals surface area contributed by atoms with Crippen LogP contribution < -0.4 is 4.74 Å². The summed E-state index contributed by atoms with van der Waals surface area (Å²) in [5.74, 6) is 0.319. The number of benzene rings is 1. The Labute approximate surface area is 88.7 Å². The summed E-state index contributed by atoms with van der Waals surface area (Å²) in [7, 11) is 0. The van der Waals surface area contributed by atoms with Crippen molar-refractivity contribution >= 4 is 28.1 Å². The van der Waals surface area contributed by atoms with Crippen molar-refractivity contribution in [3.8, 4) is 5.75 Å². The molecule has 14 heavy (non-hydrogen) atoms. The van der Waals surface area contributed by atoms with Crippen LogP contribution in [0, 0.1) is 6.92 Å². The number of carbonyl (C=O) groups is 1. The van der Waals surface area contributed by atoms with Crippen molar-refractivity contribution in [1.82, 2.24) is 0 Å². The van der Waals surface area contributed by atoms with Crippen LogP contribution in [0.1, 0.15) is 5.56 Å². The molecule has 0 N–H and O–H groups in total. The lowest BCUT2D eigenvalue weighted by Gasteiger charge is -2.02. The van der Waals surface area contributed by atoms with E-state index in [4.69, 9.17) is 4.74 Å². The molecule has 0 saturated carbocycles. The molecule has 0 atom stereocenters. The largest absolute Gasteiger partial charge is 0.450 e. The zero-order chi connectivity index (χ0) is 10.6. The van der Waals surface area contributed by atoms with Crippen LogP contribution in [-0.4, -0.2) is 12.2 Å². The maximum Gasteiger partial charge on any atom is 0.450 e. The maximum atomic E-state index is 10.8. The first-order valence-corrected chi connectivity index (χ1v) is 4.48. The minimum atomic E-state index is -0.982. The van der Waals surface area contributed by atoms with E-state index < -0.39 is 6.09 Å². The van der Waals surface area contributed by atoms with Crippen molar-refractivity contribution in [2.24, 2.45) is 4.99 Å². The number of rotatable bonds is 1. The van der Waals surface area contributed by atoms with E-state index in [1.807, 2.05) is 6.92 Å². The Morgan fingerprint density at radius 1 is 1.57 bits per heavy atom. The molecule has 0 bridgehead atoms. The van der Waals surface area contributed by atoms with Gasteiger partial charge in [-0.3, -0.25) is 0 Å². The normalized spacial score (nSPS) is 9.00. The minimum Gasteiger partial charge on any atom is -0.407 e. The highest BCUT2D eigenvalue weighted by atomic mass is 79.9. The molecule has 72 valence electrons. The molecule has 0 radical (unpaired) electrons. The fourth-order valence-electron chi connectivity index (χ4n) is 0.843. The quantitative estimate of drug-likeness (QED) is 0.573. The highest BCUT2D eigenvalue weighted by Crippen LogP contribution is 2.25. The average molecular weight is 256 g/mol. The van der Waals surface area contributed by atoms with Gasteiger partial charge in [-0.25, -0.2) is 9.59 Å². The molecular formula is C9H6BrNO3. The summed E-state index contributed by atoms with van der Waals surface area (Å²) >= 11 is 3.21. The van der Waals surface area contributed by atoms with E-state index in [1.165, 1.54) is 0 Å². The molecule has 1 aromatic carbocycles. The molecule has 0 aliphatic heterocycles. The zero-order valence-electron chi connectivity index (χ0n) is 7.28. The zero-order valence-corrected chi connectivity index (χ0v) is 8.87. The third-order valence-electron chi connectivity index (χ3n) is 1.42. The molecule has 0 fully saturated rings. The number of hydrogen-bond donors (Lipinski definition) is 0. The van der Waals surface area contributed by atoms with E-state index >= 15 is 0 Å². The molecule has 1 amide bonds. The van der Waals surface area contributed by atoms with E-state index in [9.17, 15) is 9.59 Å². The summed E-state index contributed by atoms with van der Waals surface area (Å²) in [5, 5.41) is 0. The van der Waals surface area contributed by atoms with Crippen LogP contribution >= 0.6 is 15.9 Å². The van der Waals surface area contributed by atoms with Crippen LogP contribution in [0.5, 0.6) is 5.75 Å². The summed E-state index contributed by atoms with van der Waals surface area (Å²) in [5.41, 5.74) is 1.02. The lowest BCUT2D eigenvalue weighted by molar-refractivity contribution is 0.211. The summed E-state index contributed by atoms with van der Waals surface area (Å²) in [6.45, 7) is 1.90. The van der Waals surface area contributed by atoms with Gasteiger partial charge in [-0.15, -0.1) is 0 Å². The second-order valence-corrected chi connectivity index (χ2v) is 3.36. The Bertz CT molecular complexity index is 411. The summed E-state index contributed by atoms with van der Waals surface area (Å²) < 4.78 is 5.36. The van der Waals surface area contributed by atoms with Crippen LogP contribution in [0.2, 0.25) is 0 Å². The van der Waals surface area contributed by atoms with Crippen LogP contribution in [0.3, 0.4) is 0 Å². The van der Waals surface area contributed by atoms with Crippen molar-refractivity contribution in [2.75, 3.05) is 0 Å². The first kappa shape index (κ1) is 10.6. The van der Waals surface area contributed by atoms with Crippen molar-refractivity contribution in [3.63, 3.8) is 0 Å². The lowest BCUT2D eigenvalue weighted by Crippen LogP contribution is -2.01. The molecule has 1 rings (SSSR count). The molecular weight excluding hydrogens is 250 g/mol. The molecule has 0 spiro atoms. The van der Waals surface area contributed by atoms with Gasteiger partial charge in [-0.1, -0.05) is 11.1 Å². The number of carbonyl (C=O) groups excluding carboxylic acids is 2. The van der Waals surface area contributed by atoms with E-state index in [0.29, 0.717) is 10.2 Å². The maximum absolute atomic E-state index is 10.8. The number of ether oxygens (including phenoxy) is 1. The van der Waals surface area contributed by atoms with Gasteiger partial charge in [0.25, 0.3) is 0 Å². The fourth-order valence-corrected chi connectivity index (χ4v) is 1.42. The topological polar surface area (TPSA) is 55.7 Å². The molecule has 0 heterocycles. The molecule has 0 aromatic heterocycles. The number of amides is 1. The number of hydrogen-bond acceptors (Lipinski definition) is 3. The van der Waals surface area contributed by atoms with Crippen LogP contribution in [0.4, 0.5) is 4.79 Å². The van der Waals surface area contributed by atoms with Crippen LogP contribution in [-0.2, 0) is 4.79 Å². The summed E-state index contributed by atoms with van der Waals surface area (Å²) in [6.07, 6.45) is 0.122. The van der Waals surface area contributed by atoms with E-state index in [-0.39, 0.29) is 0 Å². The Morgan fingerprint density at radius 2 is 2.29 bits per heavy atom. The molecule has 0 aliphatic carbocycles. The SMILES string of the molecule is Cc1ccc(OC(=O)N=C=O)c(Br)c1. The van der Waals surface area contributed by atoms with Crippen molar-refractivity contribution in [3.05, 3.63) is 28.2 Å². The standard InChI is InChI=1S/C9H6BrNO3/c1-6-2-3-8(7(10)4-6)14-9(13)11-5-12/h2-4H,1H3. The van der Waals surface area contributed by atoms with Crippen molar-refractivity contribution in [1.29, 1.82) is 0 Å². The van der Waals surface area contributed by atoms with E-state index in [2.05, 4.69) is 20.9 Å². The lowest BCUT2D eigenvalue weighted by atomic mass is 10.2. The fraction of sp³-hybridized carbons (Fsp3) is 0.111. The van der Waals surface area contributed by atoms with E-state index in [1.54, 1.807) is 18.2 Å². The van der Waals surface area contributed by atoms with Gasteiger partial charge in [0, 0.05) is 0 Å². The number of nitrogens with zero attached hydrogens (tertiary/aromatic N) is 1. The molecule has 0 saturated heterocycles. The average Bonchev–Trinajstić information content (AvgIpc) is 2.10. The van der Waals surface area contributed by atoms with Gasteiger partial charge < -0.3 is 4.74 Å². The second kappa shape index (κ2) is 4.69. The highest BCUT2D eigenvalue weighted by molar-refractivity contribution is 9.10. The van der Waals surface area contributed by atoms with Gasteiger partial charge in [0.05, 0.1) is 4.47 Å². The first-order chi connectivity index (χ1) is 6.63. The Kier molecular flexibility index (Phi) is 3.56.